The summed E-state index contributed by atoms with van der Waals surface area (Å²) in [5.74, 6) is -1.13. The minimum Gasteiger partial charge on any atom is -0.295 e. The normalized spacial score (nSPS) is 13.0. The molecule has 0 bridgehead atoms. The van der Waals surface area contributed by atoms with Gasteiger partial charge in [-0.3, -0.25) is 29.6 Å². The average molecular weight is 365 g/mol. The number of amides is 3. The zero-order valence-electron chi connectivity index (χ0n) is 13.2. The maximum atomic E-state index is 12.4. The first kappa shape index (κ1) is 16.0. The fourth-order valence-electron chi connectivity index (χ4n) is 2.54. The Bertz CT molecular complexity index is 983. The highest BCUT2D eigenvalue weighted by molar-refractivity contribution is 7.15. The van der Waals surface area contributed by atoms with Crippen molar-refractivity contribution < 1.29 is 14.4 Å². The Labute approximate surface area is 151 Å². The van der Waals surface area contributed by atoms with Gasteiger partial charge in [0, 0.05) is 6.20 Å². The van der Waals surface area contributed by atoms with Crippen molar-refractivity contribution in [1.29, 1.82) is 0 Å². The summed E-state index contributed by atoms with van der Waals surface area (Å²) in [6, 6.07) is 11.7. The number of carbonyl (C=O) groups excluding carboxylic acids is 3. The van der Waals surface area contributed by atoms with Crippen molar-refractivity contribution in [2.24, 2.45) is 0 Å². The summed E-state index contributed by atoms with van der Waals surface area (Å²) in [6.45, 7) is 0.00344. The molecule has 128 valence electrons. The molecule has 0 aliphatic carbocycles. The van der Waals surface area contributed by atoms with E-state index in [0.29, 0.717) is 16.1 Å². The second-order valence-corrected chi connectivity index (χ2v) is 6.47. The molecule has 0 fully saturated rings. The summed E-state index contributed by atoms with van der Waals surface area (Å²) in [5.41, 5.74) is 1.01. The van der Waals surface area contributed by atoms with Crippen LogP contribution in [0.2, 0.25) is 0 Å². The number of nitrogens with zero attached hydrogens (tertiary/aromatic N) is 4. The smallest absolute Gasteiger partial charge is 0.276 e. The molecular formula is C17H11N5O3S. The zero-order valence-corrected chi connectivity index (χ0v) is 14.1. The van der Waals surface area contributed by atoms with E-state index >= 15 is 0 Å². The van der Waals surface area contributed by atoms with E-state index in [-0.39, 0.29) is 29.2 Å². The number of pyridine rings is 1. The quantitative estimate of drug-likeness (QED) is 0.709. The van der Waals surface area contributed by atoms with Crippen LogP contribution in [-0.4, -0.2) is 37.8 Å². The molecule has 3 aromatic rings. The Balaban J connectivity index is 1.47. The van der Waals surface area contributed by atoms with Gasteiger partial charge in [0.15, 0.2) is 0 Å². The third kappa shape index (κ3) is 2.84. The largest absolute Gasteiger partial charge is 0.295 e. The lowest BCUT2D eigenvalue weighted by Gasteiger charge is -2.10. The minimum absolute atomic E-state index is 0.00344. The van der Waals surface area contributed by atoms with Gasteiger partial charge in [-0.1, -0.05) is 29.5 Å². The summed E-state index contributed by atoms with van der Waals surface area (Å²) in [5, 5.41) is 11.1. The number of benzene rings is 1. The van der Waals surface area contributed by atoms with Crippen LogP contribution in [0.4, 0.5) is 5.13 Å². The van der Waals surface area contributed by atoms with Gasteiger partial charge >= 0.3 is 0 Å². The molecule has 0 saturated heterocycles. The third-order valence-electron chi connectivity index (χ3n) is 3.76. The van der Waals surface area contributed by atoms with E-state index in [1.54, 1.807) is 42.5 Å². The number of fused-ring (bicyclic) bond motifs is 1. The summed E-state index contributed by atoms with van der Waals surface area (Å²) >= 11 is 1.10. The van der Waals surface area contributed by atoms with E-state index in [1.165, 1.54) is 6.20 Å². The molecular weight excluding hydrogens is 354 g/mol. The molecule has 8 nitrogen and oxygen atoms in total. The van der Waals surface area contributed by atoms with Gasteiger partial charge in [0.2, 0.25) is 5.13 Å². The zero-order chi connectivity index (χ0) is 18.1. The first-order valence-corrected chi connectivity index (χ1v) is 8.45. The van der Waals surface area contributed by atoms with Crippen LogP contribution in [0.1, 0.15) is 36.2 Å². The number of nitrogens with one attached hydrogen (secondary N) is 1. The van der Waals surface area contributed by atoms with Crippen LogP contribution in [0.25, 0.3) is 0 Å². The Hall–Kier alpha value is -3.46. The van der Waals surface area contributed by atoms with E-state index in [2.05, 4.69) is 20.5 Å². The number of carbonyl (C=O) groups is 3. The molecule has 0 saturated carbocycles. The van der Waals surface area contributed by atoms with Gasteiger partial charge in [0.1, 0.15) is 10.7 Å². The van der Waals surface area contributed by atoms with E-state index < -0.39 is 5.91 Å². The molecule has 0 radical (unpaired) electrons. The second kappa shape index (κ2) is 6.45. The number of hydrogen-bond donors (Lipinski definition) is 1. The average Bonchev–Trinajstić information content (AvgIpc) is 3.21. The Morgan fingerprint density at radius 2 is 1.69 bits per heavy atom. The van der Waals surface area contributed by atoms with Crippen molar-refractivity contribution in [2.75, 3.05) is 5.32 Å². The van der Waals surface area contributed by atoms with Gasteiger partial charge in [-0.25, -0.2) is 0 Å². The maximum absolute atomic E-state index is 12.4. The van der Waals surface area contributed by atoms with Crippen LogP contribution >= 0.6 is 11.3 Å². The van der Waals surface area contributed by atoms with E-state index in [9.17, 15) is 14.4 Å². The van der Waals surface area contributed by atoms with Gasteiger partial charge in [-0.15, -0.1) is 10.2 Å². The fraction of sp³-hybridized carbons (Fsp3) is 0.0588. The van der Waals surface area contributed by atoms with Gasteiger partial charge in [0.25, 0.3) is 17.7 Å². The van der Waals surface area contributed by atoms with Crippen molar-refractivity contribution in [1.82, 2.24) is 20.1 Å². The SMILES string of the molecule is O=C(Nc1nnc(CN2C(=O)c3ccccc3C2=O)s1)c1ccccn1. The molecule has 0 unspecified atom stereocenters. The summed E-state index contributed by atoms with van der Waals surface area (Å²) in [6.07, 6.45) is 1.52. The lowest BCUT2D eigenvalue weighted by molar-refractivity contribution is 0.0641. The second-order valence-electron chi connectivity index (χ2n) is 5.41. The van der Waals surface area contributed by atoms with Crippen LogP contribution in [0.5, 0.6) is 0 Å². The van der Waals surface area contributed by atoms with Crippen molar-refractivity contribution in [3.8, 4) is 0 Å². The first-order valence-electron chi connectivity index (χ1n) is 7.63. The molecule has 0 atom stereocenters. The van der Waals surface area contributed by atoms with Gasteiger partial charge in [0.05, 0.1) is 17.7 Å². The van der Waals surface area contributed by atoms with Crippen LogP contribution < -0.4 is 5.32 Å². The van der Waals surface area contributed by atoms with Crippen LogP contribution in [0.15, 0.2) is 48.7 Å². The molecule has 2 aromatic heterocycles. The fourth-order valence-corrected chi connectivity index (χ4v) is 3.27. The molecule has 3 amide bonds. The predicted molar refractivity (Wildman–Crippen MR) is 92.7 cm³/mol. The minimum atomic E-state index is -0.408. The summed E-state index contributed by atoms with van der Waals surface area (Å²) in [4.78, 5) is 41.9. The van der Waals surface area contributed by atoms with Gasteiger partial charge in [-0.2, -0.15) is 0 Å². The highest BCUT2D eigenvalue weighted by Crippen LogP contribution is 2.26. The molecule has 1 aliphatic rings. The number of imide groups is 1. The molecule has 1 aliphatic heterocycles. The van der Waals surface area contributed by atoms with Crippen molar-refractivity contribution in [3.05, 3.63) is 70.5 Å². The lowest BCUT2D eigenvalue weighted by Crippen LogP contribution is -2.29. The van der Waals surface area contributed by atoms with Crippen LogP contribution in [-0.2, 0) is 6.54 Å². The van der Waals surface area contributed by atoms with E-state index in [1.807, 2.05) is 0 Å². The van der Waals surface area contributed by atoms with Crippen LogP contribution in [0.3, 0.4) is 0 Å². The third-order valence-corrected chi connectivity index (χ3v) is 4.58. The van der Waals surface area contributed by atoms with E-state index in [4.69, 9.17) is 0 Å². The Kier molecular flexibility index (Phi) is 3.98. The molecule has 9 heteroatoms. The Morgan fingerprint density at radius 1 is 1.00 bits per heavy atom. The van der Waals surface area contributed by atoms with E-state index in [0.717, 1.165) is 16.2 Å². The molecule has 26 heavy (non-hydrogen) atoms. The highest BCUT2D eigenvalue weighted by Gasteiger charge is 2.35. The topological polar surface area (TPSA) is 105 Å². The van der Waals surface area contributed by atoms with Gasteiger partial charge < -0.3 is 0 Å². The number of hydrogen-bond acceptors (Lipinski definition) is 7. The molecule has 3 heterocycles. The molecule has 1 N–H and O–H groups in total. The predicted octanol–water partition coefficient (Wildman–Crippen LogP) is 1.98. The highest BCUT2D eigenvalue weighted by atomic mass is 32.1. The molecule has 4 rings (SSSR count). The first-order chi connectivity index (χ1) is 12.6. The van der Waals surface area contributed by atoms with Crippen molar-refractivity contribution in [3.63, 3.8) is 0 Å². The maximum Gasteiger partial charge on any atom is 0.276 e. The number of rotatable bonds is 4. The van der Waals surface area contributed by atoms with Crippen LogP contribution in [0, 0.1) is 0 Å². The summed E-state index contributed by atoms with van der Waals surface area (Å²) < 4.78 is 0. The lowest BCUT2D eigenvalue weighted by atomic mass is 10.1. The number of aromatic nitrogens is 3. The number of anilines is 1. The van der Waals surface area contributed by atoms with Crippen molar-refractivity contribution >= 4 is 34.2 Å². The Morgan fingerprint density at radius 3 is 2.35 bits per heavy atom. The standard InChI is InChI=1S/C17H11N5O3S/c23-14(12-7-3-4-8-18-12)19-17-21-20-13(26-17)9-22-15(24)10-5-1-2-6-11(10)16(22)25/h1-8H,9H2,(H,19,21,23). The molecule has 0 spiro atoms. The molecule has 1 aromatic carbocycles. The van der Waals surface area contributed by atoms with Crippen molar-refractivity contribution in [2.45, 2.75) is 6.54 Å². The monoisotopic (exact) mass is 365 g/mol. The van der Waals surface area contributed by atoms with Gasteiger partial charge in [-0.05, 0) is 24.3 Å². The summed E-state index contributed by atoms with van der Waals surface area (Å²) in [7, 11) is 0.